The lowest BCUT2D eigenvalue weighted by molar-refractivity contribution is 1.02. The zero-order chi connectivity index (χ0) is 7.68. The van der Waals surface area contributed by atoms with Crippen LogP contribution >= 0.6 is 0 Å². The monoisotopic (exact) mass is 143 g/mol. The molecule has 54 valence electrons. The second-order valence-corrected chi connectivity index (χ2v) is 2.99. The molecule has 0 saturated heterocycles. The third kappa shape index (κ3) is 1.12. The molecule has 1 saturated carbocycles. The van der Waals surface area contributed by atoms with Gasteiger partial charge in [0, 0.05) is 5.92 Å². The number of nitriles is 1. The van der Waals surface area contributed by atoms with Crippen molar-refractivity contribution >= 4 is 0 Å². The molecule has 1 fully saturated rings. The zero-order valence-corrected chi connectivity index (χ0v) is 6.20. The number of hydrogen-bond donors (Lipinski definition) is 0. The van der Waals surface area contributed by atoms with E-state index >= 15 is 0 Å². The van der Waals surface area contributed by atoms with Gasteiger partial charge in [-0.15, -0.1) is 0 Å². The standard InChI is InChI=1S/C10H9N/c11-7-9-6-10(9)8-4-2-1-3-5-8/h1-5,9-10H,6H2/t9-,10+/m1/s1. The molecule has 1 aliphatic carbocycles. The predicted molar refractivity (Wildman–Crippen MR) is 42.9 cm³/mol. The molecule has 1 nitrogen and oxygen atoms in total. The van der Waals surface area contributed by atoms with Crippen LogP contribution in [0, 0.1) is 17.2 Å². The van der Waals surface area contributed by atoms with E-state index in [-0.39, 0.29) is 5.92 Å². The van der Waals surface area contributed by atoms with Crippen molar-refractivity contribution in [3.05, 3.63) is 35.9 Å². The van der Waals surface area contributed by atoms with Crippen LogP contribution in [0.4, 0.5) is 0 Å². The molecule has 0 heterocycles. The molecule has 0 aromatic heterocycles. The van der Waals surface area contributed by atoms with E-state index in [4.69, 9.17) is 5.26 Å². The van der Waals surface area contributed by atoms with Gasteiger partial charge in [-0.3, -0.25) is 0 Å². The quantitative estimate of drug-likeness (QED) is 0.591. The Bertz CT molecular complexity index is 283. The summed E-state index contributed by atoms with van der Waals surface area (Å²) in [6.07, 6.45) is 1.06. The van der Waals surface area contributed by atoms with Gasteiger partial charge in [0.05, 0.1) is 12.0 Å². The Labute approximate surface area is 66.3 Å². The van der Waals surface area contributed by atoms with Crippen LogP contribution in [0.25, 0.3) is 0 Å². The minimum atomic E-state index is 0.289. The Morgan fingerprint density at radius 2 is 2.00 bits per heavy atom. The summed E-state index contributed by atoms with van der Waals surface area (Å²) in [5.41, 5.74) is 1.32. The first kappa shape index (κ1) is 6.42. The summed E-state index contributed by atoms with van der Waals surface area (Å²) >= 11 is 0. The van der Waals surface area contributed by atoms with Gasteiger partial charge in [-0.05, 0) is 12.0 Å². The summed E-state index contributed by atoms with van der Waals surface area (Å²) in [5.74, 6) is 0.818. The van der Waals surface area contributed by atoms with Crippen molar-refractivity contribution in [2.45, 2.75) is 12.3 Å². The van der Waals surface area contributed by atoms with Crippen LogP contribution in [0.1, 0.15) is 17.9 Å². The molecule has 0 aliphatic heterocycles. The number of nitrogens with zero attached hydrogens (tertiary/aromatic N) is 1. The topological polar surface area (TPSA) is 23.8 Å². The molecule has 11 heavy (non-hydrogen) atoms. The van der Waals surface area contributed by atoms with Crippen molar-refractivity contribution in [3.63, 3.8) is 0 Å². The molecule has 1 aliphatic rings. The van der Waals surface area contributed by atoms with Gasteiger partial charge < -0.3 is 0 Å². The average molecular weight is 143 g/mol. The molecule has 0 unspecified atom stereocenters. The first-order chi connectivity index (χ1) is 5.42. The van der Waals surface area contributed by atoms with Crippen molar-refractivity contribution < 1.29 is 0 Å². The Hall–Kier alpha value is -1.29. The summed E-state index contributed by atoms with van der Waals surface area (Å²) in [6, 6.07) is 12.6. The summed E-state index contributed by atoms with van der Waals surface area (Å²) in [5, 5.41) is 8.59. The van der Waals surface area contributed by atoms with Crippen LogP contribution in [0.5, 0.6) is 0 Å². The molecule has 0 N–H and O–H groups in total. The maximum atomic E-state index is 8.59. The molecule has 1 aromatic rings. The van der Waals surface area contributed by atoms with Crippen molar-refractivity contribution in [2.24, 2.45) is 5.92 Å². The number of hydrogen-bond acceptors (Lipinski definition) is 1. The van der Waals surface area contributed by atoms with E-state index in [2.05, 4.69) is 18.2 Å². The van der Waals surface area contributed by atoms with Gasteiger partial charge in [-0.1, -0.05) is 30.3 Å². The summed E-state index contributed by atoms with van der Waals surface area (Å²) in [6.45, 7) is 0. The lowest BCUT2D eigenvalue weighted by Crippen LogP contribution is -1.78. The van der Waals surface area contributed by atoms with E-state index < -0.39 is 0 Å². The van der Waals surface area contributed by atoms with Crippen molar-refractivity contribution in [3.8, 4) is 6.07 Å². The lowest BCUT2D eigenvalue weighted by Gasteiger charge is -1.93. The van der Waals surface area contributed by atoms with E-state index in [1.54, 1.807) is 0 Å². The van der Waals surface area contributed by atoms with Crippen LogP contribution in [-0.4, -0.2) is 0 Å². The van der Waals surface area contributed by atoms with Crippen LogP contribution < -0.4 is 0 Å². The van der Waals surface area contributed by atoms with E-state index in [0.29, 0.717) is 5.92 Å². The van der Waals surface area contributed by atoms with Crippen LogP contribution in [-0.2, 0) is 0 Å². The summed E-state index contributed by atoms with van der Waals surface area (Å²) in [7, 11) is 0. The molecular weight excluding hydrogens is 134 g/mol. The molecule has 1 aromatic carbocycles. The van der Waals surface area contributed by atoms with Crippen molar-refractivity contribution in [1.82, 2.24) is 0 Å². The minimum absolute atomic E-state index is 0.289. The second-order valence-electron chi connectivity index (χ2n) is 2.99. The third-order valence-corrected chi connectivity index (χ3v) is 2.18. The third-order valence-electron chi connectivity index (χ3n) is 2.18. The molecule has 0 radical (unpaired) electrons. The molecule has 1 heteroatoms. The average Bonchev–Trinajstić information content (AvgIpc) is 2.85. The Morgan fingerprint density at radius 1 is 1.27 bits per heavy atom. The lowest BCUT2D eigenvalue weighted by atomic mass is 10.1. The Balaban J connectivity index is 2.16. The zero-order valence-electron chi connectivity index (χ0n) is 6.20. The highest BCUT2D eigenvalue weighted by atomic mass is 14.4. The minimum Gasteiger partial charge on any atom is -0.198 e. The van der Waals surface area contributed by atoms with E-state index in [1.165, 1.54) is 5.56 Å². The largest absolute Gasteiger partial charge is 0.198 e. The fourth-order valence-electron chi connectivity index (χ4n) is 1.41. The Morgan fingerprint density at radius 3 is 2.55 bits per heavy atom. The predicted octanol–water partition coefficient (Wildman–Crippen LogP) is 2.31. The highest BCUT2D eigenvalue weighted by Gasteiger charge is 2.38. The van der Waals surface area contributed by atoms with Gasteiger partial charge in [-0.25, -0.2) is 0 Å². The first-order valence-electron chi connectivity index (χ1n) is 3.86. The molecule has 2 rings (SSSR count). The molecule has 0 spiro atoms. The SMILES string of the molecule is N#C[C@H]1C[C@H]1c1ccccc1. The van der Waals surface area contributed by atoms with Crippen LogP contribution in [0.3, 0.4) is 0 Å². The summed E-state index contributed by atoms with van der Waals surface area (Å²) < 4.78 is 0. The smallest absolute Gasteiger partial charge is 0.0662 e. The number of rotatable bonds is 1. The molecular formula is C10H9N. The molecule has 0 amide bonds. The van der Waals surface area contributed by atoms with Crippen LogP contribution in [0.15, 0.2) is 30.3 Å². The second kappa shape index (κ2) is 2.39. The maximum absolute atomic E-state index is 8.59. The Kier molecular flexibility index (Phi) is 1.40. The van der Waals surface area contributed by atoms with Gasteiger partial charge in [0.2, 0.25) is 0 Å². The highest BCUT2D eigenvalue weighted by Crippen LogP contribution is 2.46. The fraction of sp³-hybridized carbons (Fsp3) is 0.300. The van der Waals surface area contributed by atoms with Gasteiger partial charge >= 0.3 is 0 Å². The van der Waals surface area contributed by atoms with E-state index in [1.807, 2.05) is 18.2 Å². The molecule has 0 bridgehead atoms. The molecule has 2 atom stereocenters. The van der Waals surface area contributed by atoms with Gasteiger partial charge in [-0.2, -0.15) is 5.26 Å². The van der Waals surface area contributed by atoms with E-state index in [9.17, 15) is 0 Å². The van der Waals surface area contributed by atoms with Crippen molar-refractivity contribution in [2.75, 3.05) is 0 Å². The van der Waals surface area contributed by atoms with E-state index in [0.717, 1.165) is 6.42 Å². The van der Waals surface area contributed by atoms with Crippen molar-refractivity contribution in [1.29, 1.82) is 5.26 Å². The fourth-order valence-corrected chi connectivity index (χ4v) is 1.41. The summed E-state index contributed by atoms with van der Waals surface area (Å²) in [4.78, 5) is 0. The van der Waals surface area contributed by atoms with Gasteiger partial charge in [0.15, 0.2) is 0 Å². The normalized spacial score (nSPS) is 27.5. The van der Waals surface area contributed by atoms with Gasteiger partial charge in [0.1, 0.15) is 0 Å². The number of benzene rings is 1. The van der Waals surface area contributed by atoms with Gasteiger partial charge in [0.25, 0.3) is 0 Å². The first-order valence-corrected chi connectivity index (χ1v) is 3.86. The highest BCUT2D eigenvalue weighted by molar-refractivity contribution is 5.28. The maximum Gasteiger partial charge on any atom is 0.0662 e. The van der Waals surface area contributed by atoms with Crippen LogP contribution in [0.2, 0.25) is 0 Å².